The molecule has 0 spiro atoms. The van der Waals surface area contributed by atoms with Gasteiger partial charge in [0.05, 0.1) is 24.2 Å². The third-order valence-electron chi connectivity index (χ3n) is 6.00. The first-order valence-corrected chi connectivity index (χ1v) is 10.4. The molecule has 0 saturated heterocycles. The molecule has 32 heavy (non-hydrogen) atoms. The van der Waals surface area contributed by atoms with Crippen molar-refractivity contribution in [2.24, 2.45) is 11.8 Å². The number of benzene rings is 1. The van der Waals surface area contributed by atoms with Crippen LogP contribution < -0.4 is 5.32 Å². The largest absolute Gasteiger partial charge is 0.468 e. The first-order valence-electron chi connectivity index (χ1n) is 10.4. The second-order valence-corrected chi connectivity index (χ2v) is 8.06. The summed E-state index contributed by atoms with van der Waals surface area (Å²) in [5, 5.41) is 14.7. The highest BCUT2D eigenvalue weighted by Gasteiger charge is 2.47. The topological polar surface area (TPSA) is 125 Å². The van der Waals surface area contributed by atoms with Crippen molar-refractivity contribution in [2.75, 3.05) is 13.7 Å². The van der Waals surface area contributed by atoms with E-state index in [0.717, 1.165) is 0 Å². The number of allylic oxidation sites excluding steroid dienone is 3. The number of nitro benzene ring substituents is 1. The summed E-state index contributed by atoms with van der Waals surface area (Å²) in [6.07, 6.45) is 0.388. The molecule has 1 N–H and O–H groups in total. The number of nitrogens with zero attached hydrogens (tertiary/aromatic N) is 1. The molecule has 1 aromatic rings. The molecule has 1 aliphatic heterocycles. The number of aryl methyl sites for hydroxylation is 1. The number of ketones is 1. The molecule has 1 aromatic carbocycles. The Morgan fingerprint density at radius 1 is 1.28 bits per heavy atom. The maximum atomic E-state index is 13.6. The molecular formula is C23H26N2O7. The molecule has 0 bridgehead atoms. The zero-order valence-electron chi connectivity index (χ0n) is 18.7. The molecule has 3 rings (SSSR count). The summed E-state index contributed by atoms with van der Waals surface area (Å²) in [6, 6.07) is 4.62. The number of dihydropyridines is 1. The van der Waals surface area contributed by atoms with Crippen molar-refractivity contribution >= 4 is 23.4 Å². The van der Waals surface area contributed by atoms with E-state index in [9.17, 15) is 24.5 Å². The lowest BCUT2D eigenvalue weighted by Crippen LogP contribution is -2.43. The molecule has 9 nitrogen and oxygen atoms in total. The number of methoxy groups -OCH3 is 1. The molecule has 9 heteroatoms. The molecule has 1 aliphatic carbocycles. The third-order valence-corrected chi connectivity index (χ3v) is 6.00. The Bertz CT molecular complexity index is 1070. The van der Waals surface area contributed by atoms with Gasteiger partial charge < -0.3 is 14.8 Å². The van der Waals surface area contributed by atoms with Crippen LogP contribution in [0.4, 0.5) is 5.69 Å². The molecule has 170 valence electrons. The van der Waals surface area contributed by atoms with Crippen molar-refractivity contribution in [2.45, 2.75) is 40.0 Å². The van der Waals surface area contributed by atoms with E-state index in [1.54, 1.807) is 39.8 Å². The lowest BCUT2D eigenvalue weighted by atomic mass is 9.69. The summed E-state index contributed by atoms with van der Waals surface area (Å²) in [4.78, 5) is 49.9. The highest BCUT2D eigenvalue weighted by Crippen LogP contribution is 2.46. The van der Waals surface area contributed by atoms with E-state index < -0.39 is 34.5 Å². The molecule has 0 amide bonds. The second kappa shape index (κ2) is 8.94. The van der Waals surface area contributed by atoms with Gasteiger partial charge in [0, 0.05) is 34.5 Å². The van der Waals surface area contributed by atoms with Crippen LogP contribution in [0.3, 0.4) is 0 Å². The third kappa shape index (κ3) is 3.90. The number of ether oxygens (including phenoxy) is 2. The van der Waals surface area contributed by atoms with Gasteiger partial charge in [0.15, 0.2) is 5.78 Å². The van der Waals surface area contributed by atoms with Gasteiger partial charge in [-0.2, -0.15) is 0 Å². The zero-order chi connectivity index (χ0) is 23.7. The maximum Gasteiger partial charge on any atom is 0.336 e. The lowest BCUT2D eigenvalue weighted by molar-refractivity contribution is -0.385. The molecule has 0 unspecified atom stereocenters. The number of Topliss-reactive ketones (excluding diaryl/α,β-unsaturated/α-hetero) is 1. The lowest BCUT2D eigenvalue weighted by Gasteiger charge is -2.38. The van der Waals surface area contributed by atoms with Crippen LogP contribution in [-0.4, -0.2) is 36.4 Å². The van der Waals surface area contributed by atoms with Crippen LogP contribution in [0.2, 0.25) is 0 Å². The minimum atomic E-state index is -1.02. The van der Waals surface area contributed by atoms with Crippen molar-refractivity contribution in [1.29, 1.82) is 0 Å². The van der Waals surface area contributed by atoms with Gasteiger partial charge in [0.2, 0.25) is 0 Å². The van der Waals surface area contributed by atoms with Gasteiger partial charge in [-0.3, -0.25) is 19.7 Å². The van der Waals surface area contributed by atoms with Crippen molar-refractivity contribution in [3.63, 3.8) is 0 Å². The summed E-state index contributed by atoms with van der Waals surface area (Å²) in [6.45, 7) is 6.89. The summed E-state index contributed by atoms with van der Waals surface area (Å²) < 4.78 is 10.1. The van der Waals surface area contributed by atoms with Crippen molar-refractivity contribution < 1.29 is 28.8 Å². The van der Waals surface area contributed by atoms with Crippen LogP contribution in [0.5, 0.6) is 0 Å². The predicted molar refractivity (Wildman–Crippen MR) is 114 cm³/mol. The van der Waals surface area contributed by atoms with Gasteiger partial charge in [-0.05, 0) is 38.7 Å². The first kappa shape index (κ1) is 23.2. The summed E-state index contributed by atoms with van der Waals surface area (Å²) in [5.41, 5.74) is 2.28. The van der Waals surface area contributed by atoms with Gasteiger partial charge in [-0.1, -0.05) is 19.1 Å². The van der Waals surface area contributed by atoms with Crippen LogP contribution in [0, 0.1) is 28.9 Å². The smallest absolute Gasteiger partial charge is 0.336 e. The van der Waals surface area contributed by atoms with Crippen LogP contribution >= 0.6 is 0 Å². The van der Waals surface area contributed by atoms with Gasteiger partial charge in [-0.15, -0.1) is 0 Å². The van der Waals surface area contributed by atoms with Gasteiger partial charge in [0.25, 0.3) is 5.69 Å². The number of nitrogens with one attached hydrogen (secondary N) is 1. The van der Waals surface area contributed by atoms with Crippen molar-refractivity contribution in [1.82, 2.24) is 5.32 Å². The highest BCUT2D eigenvalue weighted by atomic mass is 16.6. The number of carbonyl (C=O) groups is 3. The normalized spacial score (nSPS) is 22.8. The van der Waals surface area contributed by atoms with E-state index in [2.05, 4.69) is 5.32 Å². The minimum absolute atomic E-state index is 0.120. The molecule has 0 aromatic heterocycles. The van der Waals surface area contributed by atoms with Gasteiger partial charge in [0.1, 0.15) is 5.92 Å². The predicted octanol–water partition coefficient (Wildman–Crippen LogP) is 3.08. The number of hydrogen-bond donors (Lipinski definition) is 1. The molecule has 1 heterocycles. The Labute approximate surface area is 185 Å². The summed E-state index contributed by atoms with van der Waals surface area (Å²) in [5.74, 6) is -3.97. The first-order chi connectivity index (χ1) is 15.1. The SMILES string of the molecule is CCOC(=O)C1=C(C)NC2=C(C(=O)[C@H](C(=O)OC)[C@H](C)C2)[C@H]1c1ccc(C)c([N+](=O)[O-])c1. The van der Waals surface area contributed by atoms with Crippen LogP contribution in [-0.2, 0) is 23.9 Å². The zero-order valence-corrected chi connectivity index (χ0v) is 18.7. The number of hydrogen-bond acceptors (Lipinski definition) is 8. The average molecular weight is 442 g/mol. The summed E-state index contributed by atoms with van der Waals surface area (Å²) in [7, 11) is 1.22. The minimum Gasteiger partial charge on any atom is -0.468 e. The van der Waals surface area contributed by atoms with E-state index in [1.165, 1.54) is 13.2 Å². The second-order valence-electron chi connectivity index (χ2n) is 8.06. The maximum absolute atomic E-state index is 13.6. The Morgan fingerprint density at radius 2 is 1.97 bits per heavy atom. The van der Waals surface area contributed by atoms with E-state index in [4.69, 9.17) is 9.47 Å². The summed E-state index contributed by atoms with van der Waals surface area (Å²) >= 11 is 0. The van der Waals surface area contributed by atoms with E-state index in [0.29, 0.717) is 28.9 Å². The fourth-order valence-corrected chi connectivity index (χ4v) is 4.50. The Balaban J connectivity index is 2.25. The van der Waals surface area contributed by atoms with Crippen LogP contribution in [0.25, 0.3) is 0 Å². The van der Waals surface area contributed by atoms with E-state index >= 15 is 0 Å². The Kier molecular flexibility index (Phi) is 6.47. The number of rotatable bonds is 5. The Morgan fingerprint density at radius 3 is 2.56 bits per heavy atom. The Hall–Kier alpha value is -3.49. The monoisotopic (exact) mass is 442 g/mol. The van der Waals surface area contributed by atoms with Crippen molar-refractivity contribution in [3.8, 4) is 0 Å². The average Bonchev–Trinajstić information content (AvgIpc) is 2.72. The van der Waals surface area contributed by atoms with E-state index in [-0.39, 0.29) is 29.4 Å². The molecular weight excluding hydrogens is 416 g/mol. The van der Waals surface area contributed by atoms with Crippen LogP contribution in [0.15, 0.2) is 40.7 Å². The fraction of sp³-hybridized carbons (Fsp3) is 0.435. The van der Waals surface area contributed by atoms with Crippen LogP contribution in [0.1, 0.15) is 44.2 Å². The molecule has 0 saturated carbocycles. The molecule has 0 fully saturated rings. The molecule has 3 atom stereocenters. The number of esters is 2. The van der Waals surface area contributed by atoms with Gasteiger partial charge in [-0.25, -0.2) is 4.79 Å². The molecule has 2 aliphatic rings. The quantitative estimate of drug-likeness (QED) is 0.319. The number of nitro groups is 1. The number of carbonyl (C=O) groups excluding carboxylic acids is 3. The standard InChI is InChI=1S/C23H26N2O7/c1-6-32-23(28)18-13(4)24-15-9-12(3)17(22(27)31-5)21(26)20(15)19(18)14-8-7-11(2)16(10-14)25(29)30/h7-8,10,12,17,19,24H,6,9H2,1-5H3/t12-,17-,19+/m1/s1. The highest BCUT2D eigenvalue weighted by molar-refractivity contribution is 6.12. The molecule has 0 radical (unpaired) electrons. The van der Waals surface area contributed by atoms with Crippen molar-refractivity contribution in [3.05, 3.63) is 62.0 Å². The van der Waals surface area contributed by atoms with Gasteiger partial charge >= 0.3 is 11.9 Å². The van der Waals surface area contributed by atoms with E-state index in [1.807, 2.05) is 0 Å². The fourth-order valence-electron chi connectivity index (χ4n) is 4.50.